The van der Waals surface area contributed by atoms with Crippen molar-refractivity contribution in [3.8, 4) is 0 Å². The SMILES string of the molecule is CC(=O)N1CCC(NC(=O)CSc2cc(C)ccc2C)CC1. The Morgan fingerprint density at radius 3 is 2.59 bits per heavy atom. The summed E-state index contributed by atoms with van der Waals surface area (Å²) in [5.74, 6) is 0.638. The average Bonchev–Trinajstić information content (AvgIpc) is 2.49. The van der Waals surface area contributed by atoms with Crippen molar-refractivity contribution in [3.63, 3.8) is 0 Å². The topological polar surface area (TPSA) is 49.4 Å². The fraction of sp³-hybridized carbons (Fsp3) is 0.529. The van der Waals surface area contributed by atoms with Gasteiger partial charge in [-0.1, -0.05) is 17.7 Å². The van der Waals surface area contributed by atoms with E-state index in [0.717, 1.165) is 25.9 Å². The van der Waals surface area contributed by atoms with E-state index in [1.54, 1.807) is 18.7 Å². The van der Waals surface area contributed by atoms with Crippen molar-refractivity contribution >= 4 is 23.6 Å². The molecule has 1 aliphatic heterocycles. The smallest absolute Gasteiger partial charge is 0.230 e. The molecule has 0 aliphatic carbocycles. The number of hydrogen-bond acceptors (Lipinski definition) is 3. The lowest BCUT2D eigenvalue weighted by atomic mass is 10.1. The second kappa shape index (κ2) is 7.68. The number of nitrogens with zero attached hydrogens (tertiary/aromatic N) is 1. The number of piperidine rings is 1. The molecule has 0 unspecified atom stereocenters. The number of benzene rings is 1. The van der Waals surface area contributed by atoms with Crippen molar-refractivity contribution in [1.29, 1.82) is 0 Å². The number of hydrogen-bond donors (Lipinski definition) is 1. The number of amides is 2. The first-order valence-corrected chi connectivity index (χ1v) is 8.69. The van der Waals surface area contributed by atoms with Gasteiger partial charge in [-0.3, -0.25) is 9.59 Å². The summed E-state index contributed by atoms with van der Waals surface area (Å²) in [6.07, 6.45) is 1.69. The van der Waals surface area contributed by atoms with Crippen LogP contribution < -0.4 is 5.32 Å². The number of rotatable bonds is 4. The third-order valence-corrected chi connectivity index (χ3v) is 5.17. The van der Waals surface area contributed by atoms with E-state index >= 15 is 0 Å². The van der Waals surface area contributed by atoms with E-state index in [-0.39, 0.29) is 17.9 Å². The molecule has 2 amide bonds. The van der Waals surface area contributed by atoms with Gasteiger partial charge in [0.25, 0.3) is 0 Å². The van der Waals surface area contributed by atoms with Crippen molar-refractivity contribution in [2.45, 2.75) is 44.6 Å². The van der Waals surface area contributed by atoms with Gasteiger partial charge in [0, 0.05) is 31.0 Å². The highest BCUT2D eigenvalue weighted by atomic mass is 32.2. The Morgan fingerprint density at radius 1 is 1.27 bits per heavy atom. The first kappa shape index (κ1) is 16.9. The minimum atomic E-state index is 0.0761. The van der Waals surface area contributed by atoms with E-state index in [2.05, 4.69) is 37.4 Å². The number of carbonyl (C=O) groups is 2. The summed E-state index contributed by atoms with van der Waals surface area (Å²) in [4.78, 5) is 26.4. The van der Waals surface area contributed by atoms with Crippen LogP contribution in [0.5, 0.6) is 0 Å². The Balaban J connectivity index is 1.77. The quantitative estimate of drug-likeness (QED) is 0.867. The lowest BCUT2D eigenvalue weighted by Crippen LogP contribution is -2.46. The summed E-state index contributed by atoms with van der Waals surface area (Å²) in [6.45, 7) is 7.21. The van der Waals surface area contributed by atoms with Gasteiger partial charge in [-0.15, -0.1) is 11.8 Å². The van der Waals surface area contributed by atoms with Crippen LogP contribution in [0, 0.1) is 13.8 Å². The zero-order valence-electron chi connectivity index (χ0n) is 13.5. The molecule has 120 valence electrons. The summed E-state index contributed by atoms with van der Waals surface area (Å²) < 4.78 is 0. The number of likely N-dealkylation sites (tertiary alicyclic amines) is 1. The molecule has 0 aromatic heterocycles. The van der Waals surface area contributed by atoms with Crippen molar-refractivity contribution in [3.05, 3.63) is 29.3 Å². The Kier molecular flexibility index (Phi) is 5.89. The molecule has 0 saturated carbocycles. The third kappa shape index (κ3) is 4.77. The van der Waals surface area contributed by atoms with Gasteiger partial charge in [0.1, 0.15) is 0 Å². The molecule has 4 nitrogen and oxygen atoms in total. The number of aryl methyl sites for hydroxylation is 2. The van der Waals surface area contributed by atoms with Crippen LogP contribution in [0.2, 0.25) is 0 Å². The highest BCUT2D eigenvalue weighted by Gasteiger charge is 2.21. The average molecular weight is 320 g/mol. The molecule has 0 radical (unpaired) electrons. The molecule has 1 N–H and O–H groups in total. The van der Waals surface area contributed by atoms with Gasteiger partial charge in [0.05, 0.1) is 5.75 Å². The molecule has 1 heterocycles. The Bertz CT molecular complexity index is 552. The van der Waals surface area contributed by atoms with Gasteiger partial charge < -0.3 is 10.2 Å². The number of nitrogens with one attached hydrogen (secondary N) is 1. The van der Waals surface area contributed by atoms with Crippen molar-refractivity contribution in [1.82, 2.24) is 10.2 Å². The summed E-state index contributed by atoms with van der Waals surface area (Å²) in [5, 5.41) is 3.08. The van der Waals surface area contributed by atoms with Crippen molar-refractivity contribution in [2.24, 2.45) is 0 Å². The first-order valence-electron chi connectivity index (χ1n) is 7.70. The van der Waals surface area contributed by atoms with E-state index in [1.807, 2.05) is 4.90 Å². The van der Waals surface area contributed by atoms with E-state index in [0.29, 0.717) is 5.75 Å². The van der Waals surface area contributed by atoms with E-state index in [9.17, 15) is 9.59 Å². The van der Waals surface area contributed by atoms with Gasteiger partial charge >= 0.3 is 0 Å². The molecule has 1 saturated heterocycles. The Hall–Kier alpha value is -1.49. The molecule has 0 spiro atoms. The maximum Gasteiger partial charge on any atom is 0.230 e. The zero-order valence-corrected chi connectivity index (χ0v) is 14.3. The maximum absolute atomic E-state index is 12.1. The molecule has 5 heteroatoms. The van der Waals surface area contributed by atoms with Crippen LogP contribution in [0.15, 0.2) is 23.1 Å². The summed E-state index contributed by atoms with van der Waals surface area (Å²) >= 11 is 1.59. The minimum Gasteiger partial charge on any atom is -0.353 e. The van der Waals surface area contributed by atoms with Gasteiger partial charge in [0.15, 0.2) is 0 Å². The summed E-state index contributed by atoms with van der Waals surface area (Å²) in [5.41, 5.74) is 2.42. The van der Waals surface area contributed by atoms with Crippen LogP contribution in [0.4, 0.5) is 0 Å². The molecule has 22 heavy (non-hydrogen) atoms. The van der Waals surface area contributed by atoms with Gasteiger partial charge in [-0.2, -0.15) is 0 Å². The molecule has 1 fully saturated rings. The highest BCUT2D eigenvalue weighted by Crippen LogP contribution is 2.23. The third-order valence-electron chi connectivity index (χ3n) is 4.01. The molecule has 2 rings (SSSR count). The van der Waals surface area contributed by atoms with Crippen molar-refractivity contribution < 1.29 is 9.59 Å². The maximum atomic E-state index is 12.1. The van der Waals surface area contributed by atoms with Gasteiger partial charge in [-0.25, -0.2) is 0 Å². The number of carbonyl (C=O) groups excluding carboxylic acids is 2. The van der Waals surface area contributed by atoms with E-state index < -0.39 is 0 Å². The molecule has 0 bridgehead atoms. The number of thioether (sulfide) groups is 1. The van der Waals surface area contributed by atoms with Crippen LogP contribution >= 0.6 is 11.8 Å². The second-order valence-electron chi connectivity index (χ2n) is 5.91. The summed E-state index contributed by atoms with van der Waals surface area (Å²) in [6, 6.07) is 6.50. The van der Waals surface area contributed by atoms with E-state index in [4.69, 9.17) is 0 Å². The minimum absolute atomic E-state index is 0.0761. The van der Waals surface area contributed by atoms with Crippen LogP contribution in [0.3, 0.4) is 0 Å². The monoisotopic (exact) mass is 320 g/mol. The van der Waals surface area contributed by atoms with E-state index in [1.165, 1.54) is 16.0 Å². The molecule has 1 aromatic rings. The standard InChI is InChI=1S/C17H24N2O2S/c1-12-4-5-13(2)16(10-12)22-11-17(21)18-15-6-8-19(9-7-15)14(3)20/h4-5,10,15H,6-9,11H2,1-3H3,(H,18,21). The van der Waals surface area contributed by atoms with Crippen molar-refractivity contribution in [2.75, 3.05) is 18.8 Å². The lowest BCUT2D eigenvalue weighted by molar-refractivity contribution is -0.130. The van der Waals surface area contributed by atoms with Crippen LogP contribution in [-0.2, 0) is 9.59 Å². The molecule has 1 aromatic carbocycles. The molecular weight excluding hydrogens is 296 g/mol. The molecular formula is C17H24N2O2S. The summed E-state index contributed by atoms with van der Waals surface area (Å²) in [7, 11) is 0. The zero-order chi connectivity index (χ0) is 16.1. The first-order chi connectivity index (χ1) is 10.5. The van der Waals surface area contributed by atoms with Gasteiger partial charge in [-0.05, 0) is 38.3 Å². The van der Waals surface area contributed by atoms with Crippen LogP contribution in [0.25, 0.3) is 0 Å². The van der Waals surface area contributed by atoms with Crippen LogP contribution in [-0.4, -0.2) is 41.6 Å². The highest BCUT2D eigenvalue weighted by molar-refractivity contribution is 8.00. The molecule has 1 aliphatic rings. The van der Waals surface area contributed by atoms with Crippen LogP contribution in [0.1, 0.15) is 30.9 Å². The van der Waals surface area contributed by atoms with Gasteiger partial charge in [0.2, 0.25) is 11.8 Å². The lowest BCUT2D eigenvalue weighted by Gasteiger charge is -2.31. The predicted octanol–water partition coefficient (Wildman–Crippen LogP) is 2.52. The predicted molar refractivity (Wildman–Crippen MR) is 90.1 cm³/mol. The molecule has 0 atom stereocenters. The Morgan fingerprint density at radius 2 is 1.95 bits per heavy atom. The normalized spacial score (nSPS) is 15.7. The fourth-order valence-corrected chi connectivity index (χ4v) is 3.55. The Labute approximate surface area is 136 Å². The largest absolute Gasteiger partial charge is 0.353 e. The second-order valence-corrected chi connectivity index (χ2v) is 6.92. The fourth-order valence-electron chi connectivity index (χ4n) is 2.61.